The summed E-state index contributed by atoms with van der Waals surface area (Å²) in [5.41, 5.74) is 0. The van der Waals surface area contributed by atoms with Crippen molar-refractivity contribution in [3.8, 4) is 0 Å². The summed E-state index contributed by atoms with van der Waals surface area (Å²) in [6.45, 7) is 2.38. The molecule has 0 saturated carbocycles. The van der Waals surface area contributed by atoms with E-state index < -0.39 is 30.3 Å². The first-order valence-electron chi connectivity index (χ1n) is 5.74. The molecule has 0 spiro atoms. The van der Waals surface area contributed by atoms with Gasteiger partial charge in [-0.1, -0.05) is 0 Å². The average Bonchev–Trinajstić information content (AvgIpc) is 2.28. The van der Waals surface area contributed by atoms with Crippen LogP contribution in [-0.2, 0) is 19.1 Å². The SMILES string of the molecule is CCOC(=O)C1CCCCN1C(=O)CC(=O)O. The number of piperidine rings is 1. The van der Waals surface area contributed by atoms with Crippen LogP contribution >= 0.6 is 0 Å². The number of amides is 1. The molecule has 1 amide bonds. The van der Waals surface area contributed by atoms with Gasteiger partial charge < -0.3 is 14.7 Å². The van der Waals surface area contributed by atoms with Crippen molar-refractivity contribution in [2.45, 2.75) is 38.6 Å². The second-order valence-corrected chi connectivity index (χ2v) is 3.92. The van der Waals surface area contributed by atoms with Crippen LogP contribution in [0.3, 0.4) is 0 Å². The molecule has 6 heteroatoms. The van der Waals surface area contributed by atoms with Crippen molar-refractivity contribution in [3.63, 3.8) is 0 Å². The van der Waals surface area contributed by atoms with Gasteiger partial charge in [0.05, 0.1) is 6.61 Å². The molecule has 1 aliphatic rings. The Morgan fingerprint density at radius 2 is 2.06 bits per heavy atom. The molecule has 1 aliphatic heterocycles. The lowest BCUT2D eigenvalue weighted by Crippen LogP contribution is -2.49. The fourth-order valence-corrected chi connectivity index (χ4v) is 1.94. The van der Waals surface area contributed by atoms with Gasteiger partial charge in [-0.15, -0.1) is 0 Å². The number of likely N-dealkylation sites (tertiary alicyclic amines) is 1. The van der Waals surface area contributed by atoms with Gasteiger partial charge in [-0.25, -0.2) is 4.79 Å². The maximum Gasteiger partial charge on any atom is 0.328 e. The lowest BCUT2D eigenvalue weighted by atomic mass is 10.0. The highest BCUT2D eigenvalue weighted by Gasteiger charge is 2.33. The van der Waals surface area contributed by atoms with E-state index in [0.717, 1.165) is 12.8 Å². The molecule has 1 rings (SSSR count). The Kier molecular flexibility index (Phi) is 4.93. The lowest BCUT2D eigenvalue weighted by molar-refractivity contribution is -0.158. The minimum Gasteiger partial charge on any atom is -0.481 e. The third kappa shape index (κ3) is 3.72. The number of carbonyl (C=O) groups is 3. The maximum atomic E-state index is 11.7. The molecular weight excluding hydrogens is 226 g/mol. The number of rotatable bonds is 4. The minimum atomic E-state index is -1.18. The molecule has 96 valence electrons. The van der Waals surface area contributed by atoms with E-state index in [2.05, 4.69) is 0 Å². The predicted octanol–water partition coefficient (Wildman–Crippen LogP) is 0.405. The van der Waals surface area contributed by atoms with E-state index in [1.54, 1.807) is 6.92 Å². The number of nitrogens with zero attached hydrogens (tertiary/aromatic N) is 1. The van der Waals surface area contributed by atoms with Crippen LogP contribution in [0.15, 0.2) is 0 Å². The number of ether oxygens (including phenoxy) is 1. The van der Waals surface area contributed by atoms with Gasteiger partial charge in [-0.3, -0.25) is 9.59 Å². The van der Waals surface area contributed by atoms with Gasteiger partial charge in [0.15, 0.2) is 0 Å². The Morgan fingerprint density at radius 3 is 2.65 bits per heavy atom. The topological polar surface area (TPSA) is 83.9 Å². The van der Waals surface area contributed by atoms with E-state index in [0.29, 0.717) is 13.0 Å². The summed E-state index contributed by atoms with van der Waals surface area (Å²) in [6, 6.07) is -0.615. The van der Waals surface area contributed by atoms with Gasteiger partial charge in [0.1, 0.15) is 12.5 Å². The van der Waals surface area contributed by atoms with Crippen LogP contribution < -0.4 is 0 Å². The van der Waals surface area contributed by atoms with Crippen molar-refractivity contribution in [1.29, 1.82) is 0 Å². The summed E-state index contributed by atoms with van der Waals surface area (Å²) in [5.74, 6) is -2.13. The maximum absolute atomic E-state index is 11.7. The monoisotopic (exact) mass is 243 g/mol. The van der Waals surface area contributed by atoms with Crippen molar-refractivity contribution in [1.82, 2.24) is 4.90 Å². The van der Waals surface area contributed by atoms with Gasteiger partial charge in [-0.05, 0) is 26.2 Å². The number of aliphatic carboxylic acids is 1. The lowest BCUT2D eigenvalue weighted by Gasteiger charge is -2.33. The zero-order chi connectivity index (χ0) is 12.8. The Morgan fingerprint density at radius 1 is 1.35 bits per heavy atom. The van der Waals surface area contributed by atoms with Gasteiger partial charge in [0.2, 0.25) is 5.91 Å². The summed E-state index contributed by atoms with van der Waals surface area (Å²) >= 11 is 0. The van der Waals surface area contributed by atoms with Crippen molar-refractivity contribution in [2.24, 2.45) is 0 Å². The van der Waals surface area contributed by atoms with Gasteiger partial charge in [0, 0.05) is 6.54 Å². The molecule has 0 radical (unpaired) electrons. The molecule has 0 aromatic carbocycles. The molecule has 1 unspecified atom stereocenters. The largest absolute Gasteiger partial charge is 0.481 e. The Labute approximate surface area is 99.5 Å². The van der Waals surface area contributed by atoms with E-state index in [4.69, 9.17) is 9.84 Å². The molecule has 1 N–H and O–H groups in total. The van der Waals surface area contributed by atoms with Crippen LogP contribution in [0.5, 0.6) is 0 Å². The Hall–Kier alpha value is -1.59. The predicted molar refractivity (Wildman–Crippen MR) is 58.2 cm³/mol. The first-order chi connectivity index (χ1) is 8.06. The van der Waals surface area contributed by atoms with Crippen LogP contribution in [0.2, 0.25) is 0 Å². The van der Waals surface area contributed by atoms with E-state index in [9.17, 15) is 14.4 Å². The minimum absolute atomic E-state index is 0.260. The molecule has 0 aromatic rings. The highest BCUT2D eigenvalue weighted by atomic mass is 16.5. The van der Waals surface area contributed by atoms with Gasteiger partial charge in [-0.2, -0.15) is 0 Å². The normalized spacial score (nSPS) is 19.8. The van der Waals surface area contributed by atoms with Crippen molar-refractivity contribution in [2.75, 3.05) is 13.2 Å². The third-order valence-electron chi connectivity index (χ3n) is 2.68. The fraction of sp³-hybridized carbons (Fsp3) is 0.727. The molecule has 1 atom stereocenters. The van der Waals surface area contributed by atoms with Crippen LogP contribution in [0.4, 0.5) is 0 Å². The molecular formula is C11H17NO5. The molecule has 1 heterocycles. The number of hydrogen-bond donors (Lipinski definition) is 1. The summed E-state index contributed by atoms with van der Waals surface area (Å²) < 4.78 is 4.89. The number of carboxylic acid groups (broad SMARTS) is 1. The summed E-state index contributed by atoms with van der Waals surface area (Å²) in [7, 11) is 0. The number of carbonyl (C=O) groups excluding carboxylic acids is 2. The molecule has 1 fully saturated rings. The van der Waals surface area contributed by atoms with Crippen LogP contribution in [0.25, 0.3) is 0 Å². The second kappa shape index (κ2) is 6.22. The number of carboxylic acids is 1. The molecule has 17 heavy (non-hydrogen) atoms. The van der Waals surface area contributed by atoms with Crippen LogP contribution in [-0.4, -0.2) is 47.0 Å². The van der Waals surface area contributed by atoms with E-state index >= 15 is 0 Å². The first kappa shape index (κ1) is 13.5. The van der Waals surface area contributed by atoms with Crippen LogP contribution in [0.1, 0.15) is 32.6 Å². The third-order valence-corrected chi connectivity index (χ3v) is 2.68. The zero-order valence-electron chi connectivity index (χ0n) is 9.85. The van der Waals surface area contributed by atoms with Crippen molar-refractivity contribution in [3.05, 3.63) is 0 Å². The Balaban J connectivity index is 2.68. The van der Waals surface area contributed by atoms with E-state index in [1.165, 1.54) is 4.90 Å². The van der Waals surface area contributed by atoms with Gasteiger partial charge in [0.25, 0.3) is 0 Å². The standard InChI is InChI=1S/C11H17NO5/c1-2-17-11(16)8-5-3-4-6-12(8)9(13)7-10(14)15/h8H,2-7H2,1H3,(H,14,15). The fourth-order valence-electron chi connectivity index (χ4n) is 1.94. The highest BCUT2D eigenvalue weighted by Crippen LogP contribution is 2.19. The second-order valence-electron chi connectivity index (χ2n) is 3.92. The van der Waals surface area contributed by atoms with E-state index in [-0.39, 0.29) is 6.61 Å². The molecule has 1 saturated heterocycles. The molecule has 0 aromatic heterocycles. The number of esters is 1. The highest BCUT2D eigenvalue weighted by molar-refractivity contribution is 5.95. The first-order valence-corrected chi connectivity index (χ1v) is 5.74. The molecule has 0 bridgehead atoms. The summed E-state index contributed by atoms with van der Waals surface area (Å²) in [5, 5.41) is 8.58. The van der Waals surface area contributed by atoms with E-state index in [1.807, 2.05) is 0 Å². The van der Waals surface area contributed by atoms with Crippen molar-refractivity contribution < 1.29 is 24.2 Å². The quantitative estimate of drug-likeness (QED) is 0.571. The summed E-state index contributed by atoms with van der Waals surface area (Å²) in [6.07, 6.45) is 1.61. The Bertz CT molecular complexity index is 315. The smallest absolute Gasteiger partial charge is 0.328 e. The molecule has 0 aliphatic carbocycles. The van der Waals surface area contributed by atoms with Crippen LogP contribution in [0, 0.1) is 0 Å². The van der Waals surface area contributed by atoms with Gasteiger partial charge >= 0.3 is 11.9 Å². The van der Waals surface area contributed by atoms with Crippen molar-refractivity contribution >= 4 is 17.8 Å². The molecule has 6 nitrogen and oxygen atoms in total. The average molecular weight is 243 g/mol. The zero-order valence-corrected chi connectivity index (χ0v) is 9.85. The number of hydrogen-bond acceptors (Lipinski definition) is 4. The summed E-state index contributed by atoms with van der Waals surface area (Å²) in [4.78, 5) is 35.1.